The number of para-hydroxylation sites is 1. The van der Waals surface area contributed by atoms with Crippen LogP contribution in [0.4, 0.5) is 0 Å². The van der Waals surface area contributed by atoms with Crippen LogP contribution in [0.25, 0.3) is 32.8 Å². The second-order valence-corrected chi connectivity index (χ2v) is 5.50. The molecule has 0 atom stereocenters. The first-order chi connectivity index (χ1) is 10.8. The molecule has 2 aromatic carbocycles. The number of fused-ring (bicyclic) bond motifs is 7. The zero-order chi connectivity index (χ0) is 14.8. The summed E-state index contributed by atoms with van der Waals surface area (Å²) in [6.45, 7) is 0. The van der Waals surface area contributed by atoms with E-state index in [9.17, 15) is 4.79 Å². The topological polar surface area (TPSA) is 35.1 Å². The van der Waals surface area contributed by atoms with Gasteiger partial charge in [-0.1, -0.05) is 18.2 Å². The summed E-state index contributed by atoms with van der Waals surface area (Å²) in [5.74, 6) is 0.796. The van der Waals surface area contributed by atoms with E-state index in [1.54, 1.807) is 15.9 Å². The Morgan fingerprint density at radius 2 is 1.45 bits per heavy atom. The molecule has 0 aliphatic carbocycles. The molecule has 0 radical (unpaired) electrons. The van der Waals surface area contributed by atoms with Crippen LogP contribution in [0.15, 0.2) is 59.4 Å². The quantitative estimate of drug-likeness (QED) is 0.474. The highest BCUT2D eigenvalue weighted by Crippen LogP contribution is 2.29. The number of rotatable bonds is 1. The molecule has 0 fully saturated rings. The Hall–Kier alpha value is -3.01. The van der Waals surface area contributed by atoms with Crippen LogP contribution < -0.4 is 10.4 Å². The third kappa shape index (κ3) is 1.25. The molecular formula is C18H12N2O2. The molecule has 0 saturated carbocycles. The lowest BCUT2D eigenvalue weighted by molar-refractivity contribution is 0.415. The van der Waals surface area contributed by atoms with Crippen molar-refractivity contribution in [3.8, 4) is 5.75 Å². The Bertz CT molecular complexity index is 1230. The largest absolute Gasteiger partial charge is 0.497 e. The number of hydrogen-bond donors (Lipinski definition) is 0. The van der Waals surface area contributed by atoms with Crippen molar-refractivity contribution < 1.29 is 4.74 Å². The van der Waals surface area contributed by atoms with E-state index < -0.39 is 0 Å². The summed E-state index contributed by atoms with van der Waals surface area (Å²) in [7, 11) is 1.65. The van der Waals surface area contributed by atoms with Gasteiger partial charge in [0.1, 0.15) is 5.75 Å². The fourth-order valence-corrected chi connectivity index (χ4v) is 3.36. The molecule has 0 aliphatic heterocycles. The van der Waals surface area contributed by atoms with Gasteiger partial charge in [-0.25, -0.2) is 4.79 Å². The smallest absolute Gasteiger partial charge is 0.338 e. The Morgan fingerprint density at radius 1 is 0.773 bits per heavy atom. The van der Waals surface area contributed by atoms with Crippen molar-refractivity contribution in [1.82, 2.24) is 8.80 Å². The van der Waals surface area contributed by atoms with E-state index in [1.807, 2.05) is 48.5 Å². The number of ether oxygens (including phenoxy) is 1. The summed E-state index contributed by atoms with van der Waals surface area (Å²) in [5, 5.41) is 2.10. The highest BCUT2D eigenvalue weighted by molar-refractivity contribution is 5.99. The van der Waals surface area contributed by atoms with Crippen LogP contribution in [0.5, 0.6) is 5.75 Å². The maximum Gasteiger partial charge on any atom is 0.338 e. The summed E-state index contributed by atoms with van der Waals surface area (Å²) in [5.41, 5.74) is 3.72. The van der Waals surface area contributed by atoms with E-state index in [1.165, 1.54) is 0 Å². The van der Waals surface area contributed by atoms with E-state index in [0.29, 0.717) is 0 Å². The van der Waals surface area contributed by atoms with Gasteiger partial charge in [-0.15, -0.1) is 0 Å². The van der Waals surface area contributed by atoms with E-state index in [-0.39, 0.29) is 5.69 Å². The Morgan fingerprint density at radius 3 is 2.23 bits per heavy atom. The molecule has 0 amide bonds. The van der Waals surface area contributed by atoms with Gasteiger partial charge in [0.25, 0.3) is 0 Å². The number of aromatic nitrogens is 2. The van der Waals surface area contributed by atoms with E-state index in [0.717, 1.165) is 38.6 Å². The van der Waals surface area contributed by atoms with Crippen molar-refractivity contribution in [2.45, 2.75) is 0 Å². The van der Waals surface area contributed by atoms with Crippen LogP contribution >= 0.6 is 0 Å². The highest BCUT2D eigenvalue weighted by atomic mass is 16.5. The average molecular weight is 288 g/mol. The summed E-state index contributed by atoms with van der Waals surface area (Å²) in [4.78, 5) is 12.9. The first-order valence-electron chi connectivity index (χ1n) is 7.13. The number of nitrogens with zero attached hydrogens (tertiary/aromatic N) is 2. The lowest BCUT2D eigenvalue weighted by atomic mass is 10.2. The zero-order valence-electron chi connectivity index (χ0n) is 11.9. The molecular weight excluding hydrogens is 276 g/mol. The Labute approximate surface area is 125 Å². The van der Waals surface area contributed by atoms with Crippen molar-refractivity contribution in [2.24, 2.45) is 0 Å². The fraction of sp³-hybridized carbons (Fsp3) is 0.0556. The molecule has 0 saturated heterocycles. The molecule has 0 unspecified atom stereocenters. The fourth-order valence-electron chi connectivity index (χ4n) is 3.36. The SMILES string of the molecule is COc1ccc2c(c1)cc1c3cc4ccccc4n3c(=O)n21. The second-order valence-electron chi connectivity index (χ2n) is 5.50. The van der Waals surface area contributed by atoms with Crippen LogP contribution in [0.3, 0.4) is 0 Å². The molecule has 3 heterocycles. The predicted molar refractivity (Wildman–Crippen MR) is 87.4 cm³/mol. The van der Waals surface area contributed by atoms with Gasteiger partial charge < -0.3 is 4.74 Å². The Balaban J connectivity index is 2.05. The van der Waals surface area contributed by atoms with Gasteiger partial charge in [-0.2, -0.15) is 0 Å². The summed E-state index contributed by atoms with van der Waals surface area (Å²) < 4.78 is 8.83. The molecule has 0 N–H and O–H groups in total. The van der Waals surface area contributed by atoms with Crippen molar-refractivity contribution >= 4 is 32.8 Å². The molecule has 106 valence electrons. The van der Waals surface area contributed by atoms with Crippen molar-refractivity contribution in [3.63, 3.8) is 0 Å². The third-order valence-corrected chi connectivity index (χ3v) is 4.36. The maximum atomic E-state index is 12.9. The lowest BCUT2D eigenvalue weighted by Crippen LogP contribution is -2.13. The third-order valence-electron chi connectivity index (χ3n) is 4.36. The van der Waals surface area contributed by atoms with Gasteiger partial charge in [0.15, 0.2) is 0 Å². The van der Waals surface area contributed by atoms with Gasteiger partial charge in [-0.3, -0.25) is 8.80 Å². The first kappa shape index (κ1) is 11.6. The molecule has 4 heteroatoms. The van der Waals surface area contributed by atoms with Crippen LogP contribution in [0.2, 0.25) is 0 Å². The molecule has 0 aliphatic rings. The van der Waals surface area contributed by atoms with E-state index in [4.69, 9.17) is 4.74 Å². The van der Waals surface area contributed by atoms with Gasteiger partial charge in [0.2, 0.25) is 0 Å². The van der Waals surface area contributed by atoms with Gasteiger partial charge in [-0.05, 0) is 36.4 Å². The minimum Gasteiger partial charge on any atom is -0.497 e. The number of imidazole rings is 1. The maximum absolute atomic E-state index is 12.9. The average Bonchev–Trinajstić information content (AvgIpc) is 3.17. The number of benzene rings is 2. The van der Waals surface area contributed by atoms with Crippen LogP contribution in [0.1, 0.15) is 0 Å². The second kappa shape index (κ2) is 3.80. The summed E-state index contributed by atoms with van der Waals surface area (Å²) in [6, 6.07) is 17.9. The molecule has 0 spiro atoms. The molecule has 0 bridgehead atoms. The minimum absolute atomic E-state index is 0.0219. The predicted octanol–water partition coefficient (Wildman–Crippen LogP) is 3.31. The van der Waals surface area contributed by atoms with Gasteiger partial charge in [0, 0.05) is 10.8 Å². The van der Waals surface area contributed by atoms with Crippen LogP contribution in [-0.2, 0) is 0 Å². The van der Waals surface area contributed by atoms with E-state index in [2.05, 4.69) is 6.07 Å². The Kier molecular flexibility index (Phi) is 2.01. The molecule has 5 aromatic rings. The monoisotopic (exact) mass is 288 g/mol. The van der Waals surface area contributed by atoms with Gasteiger partial charge >= 0.3 is 5.69 Å². The van der Waals surface area contributed by atoms with Crippen LogP contribution in [0, 0.1) is 0 Å². The number of methoxy groups -OCH3 is 1. The minimum atomic E-state index is -0.0219. The summed E-state index contributed by atoms with van der Waals surface area (Å²) in [6.07, 6.45) is 0. The molecule has 3 aromatic heterocycles. The van der Waals surface area contributed by atoms with Crippen molar-refractivity contribution in [1.29, 1.82) is 0 Å². The van der Waals surface area contributed by atoms with Crippen LogP contribution in [-0.4, -0.2) is 15.9 Å². The van der Waals surface area contributed by atoms with Crippen molar-refractivity contribution in [3.05, 3.63) is 65.1 Å². The molecule has 4 nitrogen and oxygen atoms in total. The molecule has 22 heavy (non-hydrogen) atoms. The highest BCUT2D eigenvalue weighted by Gasteiger charge is 2.16. The lowest BCUT2D eigenvalue weighted by Gasteiger charge is -1.98. The van der Waals surface area contributed by atoms with Gasteiger partial charge in [0.05, 0.1) is 29.2 Å². The summed E-state index contributed by atoms with van der Waals surface area (Å²) >= 11 is 0. The van der Waals surface area contributed by atoms with E-state index >= 15 is 0 Å². The van der Waals surface area contributed by atoms with Crippen molar-refractivity contribution in [2.75, 3.05) is 7.11 Å². The number of hydrogen-bond acceptors (Lipinski definition) is 2. The normalized spacial score (nSPS) is 12.0. The first-order valence-corrected chi connectivity index (χ1v) is 7.13. The molecule has 5 rings (SSSR count). The standard InChI is InChI=1S/C18H12N2O2/c1-22-13-6-7-15-12(8-13)10-17-16-9-11-4-2-3-5-14(11)19(16)18(21)20(15)17/h2-10H,1H3. The zero-order valence-corrected chi connectivity index (χ0v) is 11.9.